The number of nitrogens with one attached hydrogen (secondary N) is 1. The lowest BCUT2D eigenvalue weighted by atomic mass is 10.1. The van der Waals surface area contributed by atoms with Gasteiger partial charge in [-0.05, 0) is 61.8 Å². The molecule has 9 heteroatoms. The highest BCUT2D eigenvalue weighted by atomic mass is 32.2. The zero-order chi connectivity index (χ0) is 22.7. The molecule has 170 valence electrons. The minimum Gasteiger partial charge on any atom is -0.300 e. The maximum atomic E-state index is 12.8. The van der Waals surface area contributed by atoms with Crippen LogP contribution in [0.3, 0.4) is 0 Å². The van der Waals surface area contributed by atoms with E-state index in [0.717, 1.165) is 42.7 Å². The van der Waals surface area contributed by atoms with E-state index in [4.69, 9.17) is 0 Å². The summed E-state index contributed by atoms with van der Waals surface area (Å²) in [5.41, 5.74) is 2.39. The summed E-state index contributed by atoms with van der Waals surface area (Å²) in [4.78, 5) is 19.7. The third kappa shape index (κ3) is 4.85. The van der Waals surface area contributed by atoms with Crippen LogP contribution in [0.4, 0.5) is 5.13 Å². The van der Waals surface area contributed by atoms with Crippen LogP contribution in [0, 0.1) is 0 Å². The van der Waals surface area contributed by atoms with Crippen LogP contribution in [-0.2, 0) is 16.6 Å². The number of hydrogen-bond donors (Lipinski definition) is 1. The number of amides is 1. The molecule has 1 saturated heterocycles. The van der Waals surface area contributed by atoms with Gasteiger partial charge < -0.3 is 0 Å². The molecule has 1 aromatic heterocycles. The summed E-state index contributed by atoms with van der Waals surface area (Å²) in [6.07, 6.45) is 1.79. The van der Waals surface area contributed by atoms with Crippen molar-refractivity contribution in [2.45, 2.75) is 38.1 Å². The molecule has 0 atom stereocenters. The van der Waals surface area contributed by atoms with Gasteiger partial charge in [-0.15, -0.1) is 0 Å². The number of carbonyl (C=O) groups excluding carboxylic acids is 1. The molecule has 1 aliphatic rings. The van der Waals surface area contributed by atoms with Crippen molar-refractivity contribution in [3.8, 4) is 0 Å². The Bertz CT molecular complexity index is 1200. The molecule has 2 heterocycles. The Labute approximate surface area is 193 Å². The molecule has 0 saturated carbocycles. The van der Waals surface area contributed by atoms with Crippen molar-refractivity contribution < 1.29 is 13.2 Å². The highest BCUT2D eigenvalue weighted by Crippen LogP contribution is 2.30. The summed E-state index contributed by atoms with van der Waals surface area (Å²) in [6, 6.07) is 12.5. The molecule has 0 bridgehead atoms. The number of benzene rings is 2. The molecule has 2 aromatic carbocycles. The highest BCUT2D eigenvalue weighted by molar-refractivity contribution is 7.89. The van der Waals surface area contributed by atoms with E-state index in [1.165, 1.54) is 15.6 Å². The number of thiazole rings is 1. The van der Waals surface area contributed by atoms with Crippen LogP contribution < -0.4 is 5.32 Å². The molecule has 1 amide bonds. The Morgan fingerprint density at radius 1 is 1.09 bits per heavy atom. The Balaban J connectivity index is 1.47. The summed E-state index contributed by atoms with van der Waals surface area (Å²) < 4.78 is 27.9. The van der Waals surface area contributed by atoms with E-state index in [1.807, 2.05) is 24.3 Å². The fraction of sp³-hybridized carbons (Fsp3) is 0.391. The molecule has 0 aliphatic carbocycles. The maximum Gasteiger partial charge on any atom is 0.257 e. The molecular formula is C23H28N4O3S2. The second kappa shape index (κ2) is 9.66. The van der Waals surface area contributed by atoms with Gasteiger partial charge in [0.25, 0.3) is 5.91 Å². The second-order valence-electron chi connectivity index (χ2n) is 7.87. The smallest absolute Gasteiger partial charge is 0.257 e. The zero-order valence-corrected chi connectivity index (χ0v) is 20.0. The van der Waals surface area contributed by atoms with Gasteiger partial charge >= 0.3 is 0 Å². The lowest BCUT2D eigenvalue weighted by Crippen LogP contribution is -2.27. The van der Waals surface area contributed by atoms with Gasteiger partial charge in [-0.25, -0.2) is 13.4 Å². The molecule has 1 aliphatic heterocycles. The monoisotopic (exact) mass is 472 g/mol. The van der Waals surface area contributed by atoms with Crippen molar-refractivity contribution >= 4 is 42.6 Å². The Morgan fingerprint density at radius 2 is 1.78 bits per heavy atom. The predicted molar refractivity (Wildman–Crippen MR) is 129 cm³/mol. The third-order valence-corrected chi connectivity index (χ3v) is 8.63. The maximum absolute atomic E-state index is 12.8. The van der Waals surface area contributed by atoms with Crippen LogP contribution >= 0.6 is 11.3 Å². The van der Waals surface area contributed by atoms with Crippen LogP contribution in [0.25, 0.3) is 10.2 Å². The largest absolute Gasteiger partial charge is 0.300 e. The van der Waals surface area contributed by atoms with E-state index < -0.39 is 10.0 Å². The first-order chi connectivity index (χ1) is 15.4. The minimum absolute atomic E-state index is 0.233. The summed E-state index contributed by atoms with van der Waals surface area (Å²) in [7, 11) is -3.48. The van der Waals surface area contributed by atoms with Gasteiger partial charge in [-0.1, -0.05) is 37.3 Å². The minimum atomic E-state index is -3.48. The van der Waals surface area contributed by atoms with Gasteiger partial charge in [0, 0.05) is 25.2 Å². The van der Waals surface area contributed by atoms with Crippen molar-refractivity contribution in [2.75, 3.05) is 31.5 Å². The predicted octanol–water partition coefficient (Wildman–Crippen LogP) is 4.17. The molecule has 4 rings (SSSR count). The number of anilines is 1. The van der Waals surface area contributed by atoms with Gasteiger partial charge in [0.2, 0.25) is 10.0 Å². The number of fused-ring (bicyclic) bond motifs is 1. The van der Waals surface area contributed by atoms with Gasteiger partial charge in [0.05, 0.1) is 15.1 Å². The lowest BCUT2D eigenvalue weighted by Gasteiger charge is -2.17. The molecule has 0 spiro atoms. The quantitative estimate of drug-likeness (QED) is 0.532. The molecule has 7 nitrogen and oxygen atoms in total. The van der Waals surface area contributed by atoms with E-state index in [-0.39, 0.29) is 10.8 Å². The number of hydrogen-bond acceptors (Lipinski definition) is 6. The SMILES string of the molecule is CCN(CC)Cc1ccc(C(=O)Nc2nc3ccc(S(=O)(=O)N4CCCC4)cc3s2)cc1. The van der Waals surface area contributed by atoms with Crippen molar-refractivity contribution in [1.29, 1.82) is 0 Å². The van der Waals surface area contributed by atoms with Crippen LogP contribution in [-0.4, -0.2) is 54.7 Å². The Hall–Kier alpha value is -2.33. The fourth-order valence-electron chi connectivity index (χ4n) is 3.83. The average Bonchev–Trinajstić information content (AvgIpc) is 3.47. The topological polar surface area (TPSA) is 82.6 Å². The zero-order valence-electron chi connectivity index (χ0n) is 18.4. The van der Waals surface area contributed by atoms with Crippen LogP contribution in [0.15, 0.2) is 47.4 Å². The number of nitrogens with zero attached hydrogens (tertiary/aromatic N) is 3. The number of aromatic nitrogens is 1. The fourth-order valence-corrected chi connectivity index (χ4v) is 6.35. The molecule has 0 radical (unpaired) electrons. The van der Waals surface area contributed by atoms with Crippen molar-refractivity contribution in [3.63, 3.8) is 0 Å². The standard InChI is InChI=1S/C23H28N4O3S2/c1-3-26(4-2)16-17-7-9-18(10-8-17)22(28)25-23-24-20-12-11-19(15-21(20)31-23)32(29,30)27-13-5-6-14-27/h7-12,15H,3-6,13-14,16H2,1-2H3,(H,24,25,28). The number of rotatable bonds is 8. The van der Waals surface area contributed by atoms with Gasteiger partial charge in [0.15, 0.2) is 5.13 Å². The Kier molecular flexibility index (Phi) is 6.90. The van der Waals surface area contributed by atoms with Crippen molar-refractivity contribution in [2.24, 2.45) is 0 Å². The highest BCUT2D eigenvalue weighted by Gasteiger charge is 2.27. The summed E-state index contributed by atoms with van der Waals surface area (Å²) in [5, 5.41) is 3.29. The molecule has 0 unspecified atom stereocenters. The van der Waals surface area contributed by atoms with Gasteiger partial charge in [0.1, 0.15) is 0 Å². The van der Waals surface area contributed by atoms with Crippen molar-refractivity contribution in [3.05, 3.63) is 53.6 Å². The van der Waals surface area contributed by atoms with E-state index in [9.17, 15) is 13.2 Å². The lowest BCUT2D eigenvalue weighted by molar-refractivity contribution is 0.102. The molecule has 32 heavy (non-hydrogen) atoms. The second-order valence-corrected chi connectivity index (χ2v) is 10.8. The average molecular weight is 473 g/mol. The third-order valence-electron chi connectivity index (χ3n) is 5.80. The molecule has 1 N–H and O–H groups in total. The number of sulfonamides is 1. The Morgan fingerprint density at radius 3 is 2.44 bits per heavy atom. The van der Waals surface area contributed by atoms with Crippen LogP contribution in [0.1, 0.15) is 42.6 Å². The van der Waals surface area contributed by atoms with E-state index >= 15 is 0 Å². The normalized spacial score (nSPS) is 15.0. The first-order valence-corrected chi connectivity index (χ1v) is 13.2. The first kappa shape index (κ1) is 22.8. The summed E-state index contributed by atoms with van der Waals surface area (Å²) >= 11 is 1.28. The first-order valence-electron chi connectivity index (χ1n) is 10.9. The van der Waals surface area contributed by atoms with Crippen LogP contribution in [0.2, 0.25) is 0 Å². The summed E-state index contributed by atoms with van der Waals surface area (Å²) in [6.45, 7) is 8.22. The van der Waals surface area contributed by atoms with Gasteiger partial charge in [-0.2, -0.15) is 4.31 Å². The van der Waals surface area contributed by atoms with E-state index in [2.05, 4.69) is 29.0 Å². The summed E-state index contributed by atoms with van der Waals surface area (Å²) in [5.74, 6) is -0.233. The van der Waals surface area contributed by atoms with Crippen molar-refractivity contribution in [1.82, 2.24) is 14.2 Å². The van der Waals surface area contributed by atoms with E-state index in [0.29, 0.717) is 29.3 Å². The van der Waals surface area contributed by atoms with Gasteiger partial charge in [-0.3, -0.25) is 15.0 Å². The van der Waals surface area contributed by atoms with E-state index in [1.54, 1.807) is 18.2 Å². The number of carbonyl (C=O) groups is 1. The molecular weight excluding hydrogens is 444 g/mol. The molecule has 3 aromatic rings. The molecule has 1 fully saturated rings. The van der Waals surface area contributed by atoms with Crippen LogP contribution in [0.5, 0.6) is 0 Å².